The summed E-state index contributed by atoms with van der Waals surface area (Å²) in [4.78, 5) is 6.09. The molecule has 0 bridgehead atoms. The second-order valence-electron chi connectivity index (χ2n) is 5.44. The minimum atomic E-state index is 1.05. The SMILES string of the molecule is C1=Cc2c(ccc3ccc4nc5ccccc5cc4c23)SN1. The Hall–Kier alpha value is -2.52. The van der Waals surface area contributed by atoms with Crippen LogP contribution in [0, 0.1) is 0 Å². The van der Waals surface area contributed by atoms with Crippen molar-refractivity contribution in [1.29, 1.82) is 0 Å². The summed E-state index contributed by atoms with van der Waals surface area (Å²) in [6.07, 6.45) is 4.16. The molecule has 2 heterocycles. The third-order valence-electron chi connectivity index (χ3n) is 4.17. The number of hydrogen-bond donors (Lipinski definition) is 1. The average Bonchev–Trinajstić information content (AvgIpc) is 2.59. The summed E-state index contributed by atoms with van der Waals surface area (Å²) in [5, 5.41) is 4.96. The molecule has 0 aliphatic carbocycles. The first kappa shape index (κ1) is 12.1. The van der Waals surface area contributed by atoms with Gasteiger partial charge in [-0.1, -0.05) is 30.3 Å². The molecule has 2 nitrogen and oxygen atoms in total. The maximum atomic E-state index is 4.83. The van der Waals surface area contributed by atoms with E-state index in [0.29, 0.717) is 0 Å². The van der Waals surface area contributed by atoms with Crippen LogP contribution in [0.4, 0.5) is 0 Å². The second kappa shape index (κ2) is 4.49. The number of hydrogen-bond acceptors (Lipinski definition) is 3. The fraction of sp³-hybridized carbons (Fsp3) is 0. The van der Waals surface area contributed by atoms with Crippen LogP contribution in [0.5, 0.6) is 0 Å². The van der Waals surface area contributed by atoms with Crippen molar-refractivity contribution in [3.05, 3.63) is 66.4 Å². The van der Waals surface area contributed by atoms with Gasteiger partial charge < -0.3 is 4.72 Å². The molecular formula is C19H12N2S. The Morgan fingerprint density at radius 3 is 2.77 bits per heavy atom. The topological polar surface area (TPSA) is 24.9 Å². The first-order valence-electron chi connectivity index (χ1n) is 7.24. The number of aromatic nitrogens is 1. The monoisotopic (exact) mass is 300 g/mol. The van der Waals surface area contributed by atoms with E-state index in [-0.39, 0.29) is 0 Å². The molecule has 104 valence electrons. The third kappa shape index (κ3) is 1.66. The lowest BCUT2D eigenvalue weighted by atomic mass is 9.98. The predicted octanol–water partition coefficient (Wildman–Crippen LogP) is 5.12. The summed E-state index contributed by atoms with van der Waals surface area (Å²) in [7, 11) is 0. The zero-order valence-electron chi connectivity index (χ0n) is 11.7. The Bertz CT molecular complexity index is 1080. The summed E-state index contributed by atoms with van der Waals surface area (Å²) >= 11 is 1.66. The molecule has 4 aromatic rings. The molecule has 0 spiro atoms. The molecule has 0 saturated carbocycles. The van der Waals surface area contributed by atoms with Gasteiger partial charge >= 0.3 is 0 Å². The van der Waals surface area contributed by atoms with Gasteiger partial charge in [0, 0.05) is 21.9 Å². The number of rotatable bonds is 0. The van der Waals surface area contributed by atoms with Gasteiger partial charge in [0.25, 0.3) is 0 Å². The minimum absolute atomic E-state index is 1.05. The molecule has 1 N–H and O–H groups in total. The summed E-state index contributed by atoms with van der Waals surface area (Å²) in [5.41, 5.74) is 3.38. The molecule has 0 atom stereocenters. The molecule has 3 heteroatoms. The van der Waals surface area contributed by atoms with Gasteiger partial charge in [-0.25, -0.2) is 4.98 Å². The van der Waals surface area contributed by atoms with E-state index in [1.807, 2.05) is 12.3 Å². The molecule has 1 aromatic heterocycles. The van der Waals surface area contributed by atoms with Crippen LogP contribution in [-0.4, -0.2) is 4.98 Å². The van der Waals surface area contributed by atoms with Crippen LogP contribution < -0.4 is 4.72 Å². The van der Waals surface area contributed by atoms with Crippen molar-refractivity contribution < 1.29 is 0 Å². The van der Waals surface area contributed by atoms with Crippen LogP contribution in [0.3, 0.4) is 0 Å². The van der Waals surface area contributed by atoms with Crippen LogP contribution in [0.15, 0.2) is 65.7 Å². The Balaban J connectivity index is 2.02. The quantitative estimate of drug-likeness (QED) is 0.277. The molecule has 5 rings (SSSR count). The molecule has 0 fully saturated rings. The van der Waals surface area contributed by atoms with Gasteiger partial charge in [0.2, 0.25) is 0 Å². The average molecular weight is 300 g/mol. The number of pyridine rings is 1. The van der Waals surface area contributed by atoms with Gasteiger partial charge in [0.05, 0.1) is 11.0 Å². The molecule has 0 amide bonds. The van der Waals surface area contributed by atoms with Gasteiger partial charge in [0.15, 0.2) is 0 Å². The Morgan fingerprint density at radius 2 is 1.77 bits per heavy atom. The van der Waals surface area contributed by atoms with E-state index in [1.54, 1.807) is 11.9 Å². The smallest absolute Gasteiger partial charge is 0.0716 e. The first-order valence-corrected chi connectivity index (χ1v) is 8.06. The van der Waals surface area contributed by atoms with Crippen LogP contribution in [-0.2, 0) is 0 Å². The largest absolute Gasteiger partial charge is 0.332 e. The van der Waals surface area contributed by atoms with Crippen molar-refractivity contribution in [2.75, 3.05) is 0 Å². The van der Waals surface area contributed by atoms with Gasteiger partial charge in [-0.2, -0.15) is 0 Å². The summed E-state index contributed by atoms with van der Waals surface area (Å²) < 4.78 is 3.20. The van der Waals surface area contributed by atoms with Crippen molar-refractivity contribution in [2.24, 2.45) is 0 Å². The van der Waals surface area contributed by atoms with Crippen molar-refractivity contribution in [1.82, 2.24) is 9.71 Å². The molecule has 1 aliphatic heterocycles. The highest BCUT2D eigenvalue weighted by atomic mass is 32.2. The maximum absolute atomic E-state index is 4.83. The Labute approximate surface area is 132 Å². The number of para-hydroxylation sites is 1. The lowest BCUT2D eigenvalue weighted by molar-refractivity contribution is 1.34. The van der Waals surface area contributed by atoms with Crippen LogP contribution in [0.25, 0.3) is 38.7 Å². The Kier molecular flexibility index (Phi) is 2.46. The van der Waals surface area contributed by atoms with Gasteiger partial charge in [-0.15, -0.1) is 0 Å². The van der Waals surface area contributed by atoms with Crippen LogP contribution in [0.1, 0.15) is 5.56 Å². The van der Waals surface area contributed by atoms with E-state index in [4.69, 9.17) is 4.98 Å². The van der Waals surface area contributed by atoms with Crippen molar-refractivity contribution in [3.8, 4) is 0 Å². The van der Waals surface area contributed by atoms with E-state index >= 15 is 0 Å². The number of benzene rings is 3. The number of nitrogens with zero attached hydrogens (tertiary/aromatic N) is 1. The molecule has 0 saturated heterocycles. The molecule has 22 heavy (non-hydrogen) atoms. The number of fused-ring (bicyclic) bond motifs is 6. The second-order valence-corrected chi connectivity index (χ2v) is 6.32. The minimum Gasteiger partial charge on any atom is -0.332 e. The predicted molar refractivity (Wildman–Crippen MR) is 94.8 cm³/mol. The molecule has 1 aliphatic rings. The van der Waals surface area contributed by atoms with Crippen molar-refractivity contribution in [3.63, 3.8) is 0 Å². The fourth-order valence-corrected chi connectivity index (χ4v) is 3.83. The molecular weight excluding hydrogens is 288 g/mol. The molecule has 0 unspecified atom stereocenters. The summed E-state index contributed by atoms with van der Waals surface area (Å²) in [6.45, 7) is 0. The highest BCUT2D eigenvalue weighted by Gasteiger charge is 2.12. The van der Waals surface area contributed by atoms with Gasteiger partial charge in [0.1, 0.15) is 0 Å². The van der Waals surface area contributed by atoms with E-state index in [2.05, 4.69) is 59.3 Å². The highest BCUT2D eigenvalue weighted by Crippen LogP contribution is 2.36. The van der Waals surface area contributed by atoms with E-state index in [0.717, 1.165) is 11.0 Å². The summed E-state index contributed by atoms with van der Waals surface area (Å²) in [5.74, 6) is 0. The fourth-order valence-electron chi connectivity index (χ4n) is 3.15. The Morgan fingerprint density at radius 1 is 0.864 bits per heavy atom. The van der Waals surface area contributed by atoms with Crippen LogP contribution in [0.2, 0.25) is 0 Å². The lowest BCUT2D eigenvalue weighted by Gasteiger charge is -2.15. The van der Waals surface area contributed by atoms with E-state index in [1.165, 1.54) is 32.0 Å². The zero-order valence-corrected chi connectivity index (χ0v) is 12.5. The molecule has 3 aromatic carbocycles. The van der Waals surface area contributed by atoms with Gasteiger partial charge in [-0.3, -0.25) is 0 Å². The standard InChI is InChI=1S/C19H12N2S/c1-2-4-16-13(3-1)11-15-17(21-16)7-5-12-6-8-18-14(19(12)15)9-10-20-22-18/h1-11,20H. The number of nitrogens with one attached hydrogen (secondary N) is 1. The normalized spacial score (nSPS) is 13.5. The van der Waals surface area contributed by atoms with Gasteiger partial charge in [-0.05, 0) is 58.6 Å². The lowest BCUT2D eigenvalue weighted by Crippen LogP contribution is -1.98. The first-order chi connectivity index (χ1) is 10.9. The maximum Gasteiger partial charge on any atom is 0.0716 e. The highest BCUT2D eigenvalue weighted by molar-refractivity contribution is 7.97. The zero-order chi connectivity index (χ0) is 14.5. The summed E-state index contributed by atoms with van der Waals surface area (Å²) in [6, 6.07) is 19.2. The van der Waals surface area contributed by atoms with E-state index < -0.39 is 0 Å². The van der Waals surface area contributed by atoms with Crippen molar-refractivity contribution >= 4 is 50.6 Å². The van der Waals surface area contributed by atoms with Crippen molar-refractivity contribution in [2.45, 2.75) is 4.90 Å². The van der Waals surface area contributed by atoms with E-state index in [9.17, 15) is 0 Å². The van der Waals surface area contributed by atoms with Crippen LogP contribution >= 0.6 is 11.9 Å². The molecule has 0 radical (unpaired) electrons. The third-order valence-corrected chi connectivity index (χ3v) is 5.00.